The number of nitrogens with one attached hydrogen (secondary N) is 1. The lowest BCUT2D eigenvalue weighted by atomic mass is 9.97. The average Bonchev–Trinajstić information content (AvgIpc) is 2.34. The van der Waals surface area contributed by atoms with Crippen molar-refractivity contribution in [2.75, 3.05) is 17.6 Å². The van der Waals surface area contributed by atoms with Gasteiger partial charge in [0.05, 0.1) is 11.4 Å². The minimum absolute atomic E-state index is 0.822. The lowest BCUT2D eigenvalue weighted by Gasteiger charge is -2.14. The largest absolute Gasteiger partial charge is 0.397 e. The van der Waals surface area contributed by atoms with Crippen LogP contribution in [-0.4, -0.2) is 6.54 Å². The summed E-state index contributed by atoms with van der Waals surface area (Å²) < 4.78 is 0. The smallest absolute Gasteiger partial charge is 0.0574 e. The second-order valence-corrected chi connectivity index (χ2v) is 5.64. The Labute approximate surface area is 122 Å². The van der Waals surface area contributed by atoms with Crippen LogP contribution in [0.25, 0.3) is 0 Å². The molecule has 0 spiro atoms. The van der Waals surface area contributed by atoms with Crippen LogP contribution < -0.4 is 11.1 Å². The molecule has 3 N–H and O–H groups in total. The molecule has 2 aromatic rings. The molecule has 106 valence electrons. The molecule has 20 heavy (non-hydrogen) atoms. The van der Waals surface area contributed by atoms with Crippen LogP contribution in [0.1, 0.15) is 27.8 Å². The lowest BCUT2D eigenvalue weighted by molar-refractivity contribution is 0.987. The van der Waals surface area contributed by atoms with Gasteiger partial charge in [0.15, 0.2) is 0 Å². The summed E-state index contributed by atoms with van der Waals surface area (Å²) in [6.45, 7) is 9.48. The fourth-order valence-corrected chi connectivity index (χ4v) is 2.77. The van der Waals surface area contributed by atoms with Gasteiger partial charge in [-0.1, -0.05) is 23.8 Å². The van der Waals surface area contributed by atoms with E-state index in [4.69, 9.17) is 5.73 Å². The molecular formula is C18H24N2. The Balaban J connectivity index is 2.03. The topological polar surface area (TPSA) is 38.0 Å². The first-order valence-corrected chi connectivity index (χ1v) is 7.14. The third-order valence-corrected chi connectivity index (χ3v) is 3.74. The van der Waals surface area contributed by atoms with Crippen LogP contribution in [0, 0.1) is 27.7 Å². The zero-order valence-electron chi connectivity index (χ0n) is 12.9. The number of aryl methyl sites for hydroxylation is 4. The first-order chi connectivity index (χ1) is 9.47. The molecule has 0 aliphatic heterocycles. The predicted molar refractivity (Wildman–Crippen MR) is 88.4 cm³/mol. The zero-order valence-corrected chi connectivity index (χ0v) is 12.9. The number of rotatable bonds is 4. The highest BCUT2D eigenvalue weighted by atomic mass is 14.9. The van der Waals surface area contributed by atoms with Gasteiger partial charge in [0.1, 0.15) is 0 Å². The highest BCUT2D eigenvalue weighted by Crippen LogP contribution is 2.20. The summed E-state index contributed by atoms with van der Waals surface area (Å²) in [6.07, 6.45) is 1.02. The molecule has 0 bridgehead atoms. The number of nitrogens with two attached hydrogens (primary N) is 1. The Morgan fingerprint density at radius 1 is 0.900 bits per heavy atom. The fourth-order valence-electron chi connectivity index (χ4n) is 2.77. The lowest BCUT2D eigenvalue weighted by Crippen LogP contribution is -2.09. The summed E-state index contributed by atoms with van der Waals surface area (Å²) in [5.74, 6) is 0. The quantitative estimate of drug-likeness (QED) is 0.817. The zero-order chi connectivity index (χ0) is 14.7. The molecule has 0 radical (unpaired) electrons. The number of benzene rings is 2. The average molecular weight is 268 g/mol. The van der Waals surface area contributed by atoms with E-state index in [-0.39, 0.29) is 0 Å². The Kier molecular flexibility index (Phi) is 4.33. The molecule has 2 rings (SSSR count). The summed E-state index contributed by atoms with van der Waals surface area (Å²) >= 11 is 0. The molecule has 0 aliphatic rings. The summed E-state index contributed by atoms with van der Waals surface area (Å²) in [7, 11) is 0. The molecule has 2 heteroatoms. The maximum atomic E-state index is 6.02. The maximum absolute atomic E-state index is 6.02. The van der Waals surface area contributed by atoms with E-state index in [0.717, 1.165) is 24.3 Å². The number of hydrogen-bond donors (Lipinski definition) is 2. The van der Waals surface area contributed by atoms with Crippen molar-refractivity contribution in [1.29, 1.82) is 0 Å². The molecule has 0 atom stereocenters. The molecule has 2 nitrogen and oxygen atoms in total. The molecule has 0 amide bonds. The van der Waals surface area contributed by atoms with E-state index < -0.39 is 0 Å². The Bertz CT molecular complexity index is 592. The van der Waals surface area contributed by atoms with Gasteiger partial charge in [-0.05, 0) is 68.5 Å². The molecule has 2 aromatic carbocycles. The monoisotopic (exact) mass is 268 g/mol. The third-order valence-electron chi connectivity index (χ3n) is 3.74. The van der Waals surface area contributed by atoms with Crippen LogP contribution in [0.4, 0.5) is 11.4 Å². The molecule has 0 heterocycles. The first-order valence-electron chi connectivity index (χ1n) is 7.14. The summed E-state index contributed by atoms with van der Waals surface area (Å²) in [5.41, 5.74) is 14.6. The van der Waals surface area contributed by atoms with Crippen LogP contribution in [-0.2, 0) is 6.42 Å². The first kappa shape index (κ1) is 14.4. The normalized spacial score (nSPS) is 10.6. The van der Waals surface area contributed by atoms with Gasteiger partial charge in [0.2, 0.25) is 0 Å². The molecule has 0 aliphatic carbocycles. The van der Waals surface area contributed by atoms with Gasteiger partial charge < -0.3 is 11.1 Å². The van der Waals surface area contributed by atoms with Gasteiger partial charge in [-0.25, -0.2) is 0 Å². The van der Waals surface area contributed by atoms with Crippen molar-refractivity contribution in [2.24, 2.45) is 0 Å². The van der Waals surface area contributed by atoms with E-state index in [2.05, 4.69) is 57.3 Å². The molecule has 0 saturated heterocycles. The standard InChI is InChI=1S/C18H24N2/c1-12-5-6-18(17(19)11-12)20-8-7-16-14(3)9-13(2)10-15(16)4/h5-6,9-11,20H,7-8,19H2,1-4H3. The van der Waals surface area contributed by atoms with Gasteiger partial charge >= 0.3 is 0 Å². The van der Waals surface area contributed by atoms with Crippen molar-refractivity contribution in [3.05, 3.63) is 58.1 Å². The molecular weight excluding hydrogens is 244 g/mol. The van der Waals surface area contributed by atoms with Gasteiger partial charge in [0.25, 0.3) is 0 Å². The van der Waals surface area contributed by atoms with Crippen molar-refractivity contribution in [3.8, 4) is 0 Å². The van der Waals surface area contributed by atoms with Crippen LogP contribution in [0.2, 0.25) is 0 Å². The van der Waals surface area contributed by atoms with E-state index in [1.165, 1.54) is 27.8 Å². The Morgan fingerprint density at radius 2 is 1.55 bits per heavy atom. The fraction of sp³-hybridized carbons (Fsp3) is 0.333. The van der Waals surface area contributed by atoms with E-state index in [1.54, 1.807) is 0 Å². The van der Waals surface area contributed by atoms with Crippen molar-refractivity contribution in [1.82, 2.24) is 0 Å². The highest BCUT2D eigenvalue weighted by Gasteiger charge is 2.04. The van der Waals surface area contributed by atoms with E-state index in [9.17, 15) is 0 Å². The van der Waals surface area contributed by atoms with Gasteiger partial charge in [-0.2, -0.15) is 0 Å². The van der Waals surface area contributed by atoms with Crippen molar-refractivity contribution < 1.29 is 0 Å². The SMILES string of the molecule is Cc1cc(C)c(CCNc2ccc(C)cc2N)c(C)c1. The van der Waals surface area contributed by atoms with Crippen molar-refractivity contribution in [3.63, 3.8) is 0 Å². The van der Waals surface area contributed by atoms with E-state index in [0.29, 0.717) is 0 Å². The number of hydrogen-bond acceptors (Lipinski definition) is 2. The minimum atomic E-state index is 0.822. The molecule has 0 unspecified atom stereocenters. The second-order valence-electron chi connectivity index (χ2n) is 5.64. The second kappa shape index (κ2) is 6.00. The van der Waals surface area contributed by atoms with Gasteiger partial charge in [-0.15, -0.1) is 0 Å². The van der Waals surface area contributed by atoms with Crippen molar-refractivity contribution >= 4 is 11.4 Å². The maximum Gasteiger partial charge on any atom is 0.0574 e. The van der Waals surface area contributed by atoms with Gasteiger partial charge in [0, 0.05) is 6.54 Å². The molecule has 0 saturated carbocycles. The third kappa shape index (κ3) is 3.32. The van der Waals surface area contributed by atoms with Gasteiger partial charge in [-0.3, -0.25) is 0 Å². The van der Waals surface area contributed by atoms with E-state index in [1.807, 2.05) is 6.07 Å². The molecule has 0 aromatic heterocycles. The predicted octanol–water partition coefficient (Wildman–Crippen LogP) is 4.16. The van der Waals surface area contributed by atoms with Crippen LogP contribution >= 0.6 is 0 Å². The Hall–Kier alpha value is -1.96. The molecule has 0 fully saturated rings. The summed E-state index contributed by atoms with van der Waals surface area (Å²) in [6, 6.07) is 10.6. The minimum Gasteiger partial charge on any atom is -0.397 e. The van der Waals surface area contributed by atoms with E-state index >= 15 is 0 Å². The number of nitrogen functional groups attached to an aromatic ring is 1. The van der Waals surface area contributed by atoms with Crippen LogP contribution in [0.3, 0.4) is 0 Å². The summed E-state index contributed by atoms with van der Waals surface area (Å²) in [4.78, 5) is 0. The highest BCUT2D eigenvalue weighted by molar-refractivity contribution is 5.66. The Morgan fingerprint density at radius 3 is 2.15 bits per heavy atom. The van der Waals surface area contributed by atoms with Crippen LogP contribution in [0.5, 0.6) is 0 Å². The van der Waals surface area contributed by atoms with Crippen molar-refractivity contribution in [2.45, 2.75) is 34.1 Å². The summed E-state index contributed by atoms with van der Waals surface area (Å²) in [5, 5.41) is 3.43. The number of anilines is 2. The van der Waals surface area contributed by atoms with Crippen LogP contribution in [0.15, 0.2) is 30.3 Å².